The molecule has 9 nitrogen and oxygen atoms in total. The van der Waals surface area contributed by atoms with Crippen LogP contribution in [0, 0.1) is 0 Å². The van der Waals surface area contributed by atoms with E-state index in [1.165, 1.54) is 31.4 Å². The molecule has 0 saturated heterocycles. The first-order valence-electron chi connectivity index (χ1n) is 7.84. The number of carbonyl (C=O) groups excluding carboxylic acids is 1. The second-order valence-electron chi connectivity index (χ2n) is 5.44. The van der Waals surface area contributed by atoms with Gasteiger partial charge in [-0.05, 0) is 37.6 Å². The van der Waals surface area contributed by atoms with Crippen LogP contribution < -0.4 is 9.47 Å². The maximum absolute atomic E-state index is 12.7. The molecule has 0 aromatic heterocycles. The minimum absolute atomic E-state index is 0.199. The van der Waals surface area contributed by atoms with Crippen molar-refractivity contribution in [2.75, 3.05) is 27.9 Å². The van der Waals surface area contributed by atoms with Gasteiger partial charge in [0.05, 0.1) is 13.2 Å². The number of methoxy groups -OCH3 is 1. The third-order valence-corrected chi connectivity index (χ3v) is 5.03. The first-order chi connectivity index (χ1) is 12.7. The molecular formula is C17H23O9P. The summed E-state index contributed by atoms with van der Waals surface area (Å²) >= 11 is 0. The molecule has 0 unspecified atom stereocenters. The van der Waals surface area contributed by atoms with Crippen molar-refractivity contribution in [2.24, 2.45) is 0 Å². The van der Waals surface area contributed by atoms with E-state index in [1.807, 2.05) is 0 Å². The summed E-state index contributed by atoms with van der Waals surface area (Å²) in [7, 11) is -0.205. The molecule has 0 aliphatic rings. The van der Waals surface area contributed by atoms with Crippen LogP contribution in [0.2, 0.25) is 0 Å². The smallest absolute Gasteiger partial charge is 0.368 e. The molecular weight excluding hydrogens is 379 g/mol. The normalized spacial score (nSPS) is 12.0. The summed E-state index contributed by atoms with van der Waals surface area (Å²) in [5.41, 5.74) is 0.416. The molecule has 150 valence electrons. The molecule has 0 heterocycles. The standard InChI is InChI=1S/C17H23O9P/c1-11(2)26-17(20)15(27(21,23-4)24-5)9-12-6-7-13(14(8-12)22-3)25-10-16(18)19/h6-9,11H,10H2,1-5H3,(H,18,19). The van der Waals surface area contributed by atoms with E-state index >= 15 is 0 Å². The lowest BCUT2D eigenvalue weighted by molar-refractivity contribution is -0.142. The highest BCUT2D eigenvalue weighted by atomic mass is 31.2. The topological polar surface area (TPSA) is 118 Å². The zero-order valence-corrected chi connectivity index (χ0v) is 16.6. The molecule has 0 saturated carbocycles. The monoisotopic (exact) mass is 402 g/mol. The second kappa shape index (κ2) is 10.1. The van der Waals surface area contributed by atoms with Crippen LogP contribution in [0.15, 0.2) is 23.5 Å². The first kappa shape index (κ1) is 22.7. The number of esters is 1. The van der Waals surface area contributed by atoms with Crippen molar-refractivity contribution in [3.05, 3.63) is 29.1 Å². The van der Waals surface area contributed by atoms with Crippen LogP contribution in [0.1, 0.15) is 19.4 Å². The largest absolute Gasteiger partial charge is 0.493 e. The average Bonchev–Trinajstić information content (AvgIpc) is 2.63. The number of ether oxygens (including phenoxy) is 3. The van der Waals surface area contributed by atoms with Gasteiger partial charge in [-0.25, -0.2) is 9.59 Å². The quantitative estimate of drug-likeness (QED) is 0.358. The van der Waals surface area contributed by atoms with Crippen LogP contribution in [0.4, 0.5) is 0 Å². The minimum Gasteiger partial charge on any atom is -0.493 e. The van der Waals surface area contributed by atoms with Crippen LogP contribution in [-0.2, 0) is 27.9 Å². The predicted molar refractivity (Wildman–Crippen MR) is 97.0 cm³/mol. The molecule has 27 heavy (non-hydrogen) atoms. The van der Waals surface area contributed by atoms with Crippen molar-refractivity contribution in [3.8, 4) is 11.5 Å². The van der Waals surface area contributed by atoms with Crippen molar-refractivity contribution in [2.45, 2.75) is 20.0 Å². The van der Waals surface area contributed by atoms with E-state index in [4.69, 9.17) is 28.4 Å². The van der Waals surface area contributed by atoms with Crippen molar-refractivity contribution in [3.63, 3.8) is 0 Å². The van der Waals surface area contributed by atoms with Gasteiger partial charge in [-0.2, -0.15) is 0 Å². The van der Waals surface area contributed by atoms with Crippen LogP contribution >= 0.6 is 7.60 Å². The van der Waals surface area contributed by atoms with E-state index in [0.717, 1.165) is 14.2 Å². The lowest BCUT2D eigenvalue weighted by Gasteiger charge is -2.18. The van der Waals surface area contributed by atoms with Crippen LogP contribution in [0.5, 0.6) is 11.5 Å². The van der Waals surface area contributed by atoms with Crippen LogP contribution in [0.25, 0.3) is 6.08 Å². The molecule has 0 aliphatic heterocycles. The Morgan fingerprint density at radius 3 is 2.26 bits per heavy atom. The van der Waals surface area contributed by atoms with Gasteiger partial charge in [-0.3, -0.25) is 4.57 Å². The second-order valence-corrected chi connectivity index (χ2v) is 7.65. The van der Waals surface area contributed by atoms with Gasteiger partial charge in [0.2, 0.25) is 0 Å². The summed E-state index contributed by atoms with van der Waals surface area (Å²) in [4.78, 5) is 23.0. The number of aliphatic carboxylic acids is 1. The van der Waals surface area contributed by atoms with Gasteiger partial charge in [-0.1, -0.05) is 6.07 Å². The van der Waals surface area contributed by atoms with Crippen LogP contribution in [-0.4, -0.2) is 51.1 Å². The zero-order valence-electron chi connectivity index (χ0n) is 15.8. The van der Waals surface area contributed by atoms with E-state index < -0.39 is 32.2 Å². The molecule has 1 rings (SSSR count). The summed E-state index contributed by atoms with van der Waals surface area (Å²) < 4.78 is 38.0. The Labute approximate surface area is 157 Å². The Bertz CT molecular complexity index is 747. The fourth-order valence-electron chi connectivity index (χ4n) is 1.99. The highest BCUT2D eigenvalue weighted by molar-refractivity contribution is 7.60. The average molecular weight is 402 g/mol. The molecule has 0 spiro atoms. The van der Waals surface area contributed by atoms with Gasteiger partial charge in [0.15, 0.2) is 18.1 Å². The summed E-state index contributed by atoms with van der Waals surface area (Å²) in [5.74, 6) is -1.56. The fourth-order valence-corrected chi connectivity index (χ4v) is 3.11. The van der Waals surface area contributed by atoms with Gasteiger partial charge in [0.1, 0.15) is 5.31 Å². The van der Waals surface area contributed by atoms with E-state index in [9.17, 15) is 14.2 Å². The maximum Gasteiger partial charge on any atom is 0.368 e. The third kappa shape index (κ3) is 6.39. The number of carboxylic acid groups (broad SMARTS) is 1. The summed E-state index contributed by atoms with van der Waals surface area (Å²) in [6, 6.07) is 4.47. The maximum atomic E-state index is 12.7. The Hall–Kier alpha value is -2.35. The van der Waals surface area contributed by atoms with Gasteiger partial charge in [-0.15, -0.1) is 0 Å². The van der Waals surface area contributed by atoms with E-state index in [0.29, 0.717) is 5.56 Å². The van der Waals surface area contributed by atoms with E-state index in [-0.39, 0.29) is 16.8 Å². The molecule has 1 aromatic carbocycles. The highest BCUT2D eigenvalue weighted by Crippen LogP contribution is 2.55. The fraction of sp³-hybridized carbons (Fsp3) is 0.412. The molecule has 10 heteroatoms. The Balaban J connectivity index is 3.35. The SMILES string of the molecule is COc1cc(C=C(C(=O)OC(C)C)P(=O)(OC)OC)ccc1OCC(=O)O. The van der Waals surface area contributed by atoms with Gasteiger partial charge >= 0.3 is 19.5 Å². The zero-order chi connectivity index (χ0) is 20.6. The number of hydrogen-bond acceptors (Lipinski definition) is 8. The molecule has 0 atom stereocenters. The Kier molecular flexibility index (Phi) is 8.49. The first-order valence-corrected chi connectivity index (χ1v) is 9.38. The number of hydrogen-bond donors (Lipinski definition) is 1. The van der Waals surface area contributed by atoms with Crippen molar-refractivity contribution in [1.82, 2.24) is 0 Å². The molecule has 0 amide bonds. The van der Waals surface area contributed by atoms with E-state index in [2.05, 4.69) is 0 Å². The number of carbonyl (C=O) groups is 2. The van der Waals surface area contributed by atoms with E-state index in [1.54, 1.807) is 13.8 Å². The third-order valence-electron chi connectivity index (χ3n) is 3.17. The van der Waals surface area contributed by atoms with Crippen molar-refractivity contribution < 1.29 is 42.5 Å². The lowest BCUT2D eigenvalue weighted by atomic mass is 10.2. The molecule has 1 N–H and O–H groups in total. The Morgan fingerprint density at radius 1 is 1.15 bits per heavy atom. The Morgan fingerprint density at radius 2 is 1.78 bits per heavy atom. The predicted octanol–water partition coefficient (Wildman–Crippen LogP) is 2.94. The van der Waals surface area contributed by atoms with Crippen molar-refractivity contribution in [1.29, 1.82) is 0 Å². The van der Waals surface area contributed by atoms with Crippen LogP contribution in [0.3, 0.4) is 0 Å². The molecule has 0 aliphatic carbocycles. The summed E-state index contributed by atoms with van der Waals surface area (Å²) in [6.07, 6.45) is 0.853. The molecule has 0 bridgehead atoms. The molecule has 0 radical (unpaired) electrons. The number of carboxylic acids is 1. The number of rotatable bonds is 10. The lowest BCUT2D eigenvalue weighted by Crippen LogP contribution is -2.15. The highest BCUT2D eigenvalue weighted by Gasteiger charge is 2.35. The molecule has 0 fully saturated rings. The summed E-state index contributed by atoms with van der Waals surface area (Å²) in [6.45, 7) is 2.76. The minimum atomic E-state index is -3.89. The number of benzene rings is 1. The van der Waals surface area contributed by atoms with Gasteiger partial charge in [0, 0.05) is 14.2 Å². The van der Waals surface area contributed by atoms with Crippen molar-refractivity contribution >= 4 is 25.6 Å². The summed E-state index contributed by atoms with van der Waals surface area (Å²) in [5, 5.41) is 8.41. The van der Waals surface area contributed by atoms with Gasteiger partial charge < -0.3 is 28.4 Å². The molecule has 1 aromatic rings. The van der Waals surface area contributed by atoms with Gasteiger partial charge in [0.25, 0.3) is 0 Å².